The largest absolute Gasteiger partial charge is 0.433 e. The van der Waals surface area contributed by atoms with Crippen LogP contribution in [0.4, 0.5) is 20.3 Å². The minimum Gasteiger partial charge on any atom is -0.433 e. The fourth-order valence-electron chi connectivity index (χ4n) is 1.95. The van der Waals surface area contributed by atoms with Crippen molar-refractivity contribution >= 4 is 23.5 Å². The lowest BCUT2D eigenvalue weighted by Crippen LogP contribution is -2.12. The first-order valence-electron chi connectivity index (χ1n) is 7.11. The van der Waals surface area contributed by atoms with Crippen molar-refractivity contribution in [1.29, 1.82) is 5.41 Å². The number of halogens is 2. The third-order valence-corrected chi connectivity index (χ3v) is 3.11. The summed E-state index contributed by atoms with van der Waals surface area (Å²) in [5, 5.41) is 11.1. The highest BCUT2D eigenvalue weighted by Gasteiger charge is 2.14. The van der Waals surface area contributed by atoms with Crippen LogP contribution in [0.5, 0.6) is 5.75 Å². The summed E-state index contributed by atoms with van der Waals surface area (Å²) in [6.45, 7) is 0.744. The first-order chi connectivity index (χ1) is 11.4. The molecule has 0 saturated carbocycles. The third kappa shape index (κ3) is 4.31. The van der Waals surface area contributed by atoms with Gasteiger partial charge in [0.2, 0.25) is 0 Å². The quantitative estimate of drug-likeness (QED) is 0.596. The molecule has 24 heavy (non-hydrogen) atoms. The molecular weight excluding hydrogens is 318 g/mol. The number of carbonyl (C=O) groups is 1. The molecular formula is C16H16F2N4O2. The minimum atomic E-state index is -2.95. The van der Waals surface area contributed by atoms with Gasteiger partial charge >= 0.3 is 6.61 Å². The highest BCUT2D eigenvalue weighted by Crippen LogP contribution is 2.24. The molecule has 0 spiro atoms. The molecule has 0 aliphatic carbocycles. The summed E-state index contributed by atoms with van der Waals surface area (Å²) in [5.41, 5.74) is 1.46. The summed E-state index contributed by atoms with van der Waals surface area (Å²) in [6.07, 6.45) is 4.58. The Kier molecular flexibility index (Phi) is 5.51. The zero-order valence-electron chi connectivity index (χ0n) is 13.1. The molecule has 2 aromatic heterocycles. The number of hydrogen-bond acceptors (Lipinski definition) is 6. The van der Waals surface area contributed by atoms with Crippen LogP contribution in [0, 0.1) is 11.3 Å². The van der Waals surface area contributed by atoms with E-state index < -0.39 is 6.61 Å². The van der Waals surface area contributed by atoms with Crippen molar-refractivity contribution in [2.24, 2.45) is 5.92 Å². The van der Waals surface area contributed by atoms with Gasteiger partial charge in [0.25, 0.3) is 0 Å². The number of nitrogens with one attached hydrogen (secondary N) is 2. The fourth-order valence-corrected chi connectivity index (χ4v) is 1.95. The van der Waals surface area contributed by atoms with Crippen LogP contribution in [0.2, 0.25) is 0 Å². The lowest BCUT2D eigenvalue weighted by Gasteiger charge is -2.15. The van der Waals surface area contributed by atoms with Crippen molar-refractivity contribution in [1.82, 2.24) is 9.97 Å². The Balaban J connectivity index is 2.35. The number of rotatable bonds is 7. The van der Waals surface area contributed by atoms with Gasteiger partial charge in [0.15, 0.2) is 6.29 Å². The molecule has 0 radical (unpaired) electrons. The van der Waals surface area contributed by atoms with Gasteiger partial charge in [-0.3, -0.25) is 9.78 Å². The highest BCUT2D eigenvalue weighted by atomic mass is 19.3. The van der Waals surface area contributed by atoms with Crippen LogP contribution in [0.3, 0.4) is 0 Å². The van der Waals surface area contributed by atoms with Crippen LogP contribution in [0.1, 0.15) is 29.8 Å². The van der Waals surface area contributed by atoms with E-state index >= 15 is 0 Å². The number of nitrogens with zero attached hydrogens (tertiary/aromatic N) is 2. The maximum atomic E-state index is 12.3. The van der Waals surface area contributed by atoms with Crippen LogP contribution in [0.25, 0.3) is 0 Å². The van der Waals surface area contributed by atoms with Gasteiger partial charge in [-0.05, 0) is 12.0 Å². The maximum Gasteiger partial charge on any atom is 0.387 e. The van der Waals surface area contributed by atoms with Crippen LogP contribution in [0.15, 0.2) is 30.7 Å². The average molecular weight is 334 g/mol. The highest BCUT2D eigenvalue weighted by molar-refractivity contribution is 6.04. The van der Waals surface area contributed by atoms with Crippen LogP contribution in [-0.4, -0.2) is 28.6 Å². The number of carbonyl (C=O) groups excluding carboxylic acids is 1. The second-order valence-electron chi connectivity index (χ2n) is 5.26. The van der Waals surface area contributed by atoms with E-state index in [4.69, 9.17) is 5.41 Å². The van der Waals surface area contributed by atoms with Crippen molar-refractivity contribution in [2.75, 3.05) is 5.32 Å². The lowest BCUT2D eigenvalue weighted by atomic mass is 9.99. The van der Waals surface area contributed by atoms with E-state index in [9.17, 15) is 13.6 Å². The molecule has 126 valence electrons. The summed E-state index contributed by atoms with van der Waals surface area (Å²) in [7, 11) is 0. The maximum absolute atomic E-state index is 12.3. The van der Waals surface area contributed by atoms with Crippen LogP contribution in [-0.2, 0) is 0 Å². The number of aromatic nitrogens is 2. The number of hydrogen-bond donors (Lipinski definition) is 2. The number of aldehydes is 1. The topological polar surface area (TPSA) is 88.0 Å². The van der Waals surface area contributed by atoms with Crippen molar-refractivity contribution < 1.29 is 18.3 Å². The molecule has 0 aliphatic heterocycles. The van der Waals surface area contributed by atoms with Gasteiger partial charge in [0, 0.05) is 29.1 Å². The van der Waals surface area contributed by atoms with E-state index in [0.29, 0.717) is 34.6 Å². The summed E-state index contributed by atoms with van der Waals surface area (Å²) in [5.74, 6) is 0.149. The van der Waals surface area contributed by atoms with Gasteiger partial charge in [-0.25, -0.2) is 4.98 Å². The summed E-state index contributed by atoms with van der Waals surface area (Å²) in [6, 6.07) is 2.90. The molecule has 2 rings (SSSR count). The molecule has 0 aliphatic rings. The Bertz CT molecular complexity index is 751. The molecule has 6 nitrogen and oxygen atoms in total. The zero-order chi connectivity index (χ0) is 17.7. The second kappa shape index (κ2) is 7.58. The number of pyridine rings is 2. The van der Waals surface area contributed by atoms with Crippen molar-refractivity contribution in [2.45, 2.75) is 20.5 Å². The Morgan fingerprint density at radius 1 is 1.29 bits per heavy atom. The van der Waals surface area contributed by atoms with Gasteiger partial charge in [0.05, 0.1) is 18.1 Å². The third-order valence-electron chi connectivity index (χ3n) is 3.11. The Hall–Kier alpha value is -2.90. The Morgan fingerprint density at radius 2 is 2.04 bits per heavy atom. The second-order valence-corrected chi connectivity index (χ2v) is 5.26. The Labute approximate surface area is 137 Å². The molecule has 0 unspecified atom stereocenters. The van der Waals surface area contributed by atoms with Crippen molar-refractivity contribution in [3.63, 3.8) is 0 Å². The molecule has 8 heteroatoms. The first-order valence-corrected chi connectivity index (χ1v) is 7.11. The van der Waals surface area contributed by atoms with Gasteiger partial charge in [-0.1, -0.05) is 13.8 Å². The molecule has 2 aromatic rings. The molecule has 2 N–H and O–H groups in total. The minimum absolute atomic E-state index is 0.0825. The summed E-state index contributed by atoms with van der Waals surface area (Å²) in [4.78, 5) is 18.9. The molecule has 0 atom stereocenters. The molecule has 0 bridgehead atoms. The average Bonchev–Trinajstić information content (AvgIpc) is 2.54. The standard InChI is InChI=1S/C16H16F2N4O2/c1-9(2)14(19)13-3-10(8-23)5-21-15(13)22-11-4-12(7-20-6-11)24-16(17)18/h3-9,16,19H,1-2H3,(H,21,22). The van der Waals surface area contributed by atoms with Gasteiger partial charge in [-0.15, -0.1) is 0 Å². The molecule has 0 amide bonds. The Morgan fingerprint density at radius 3 is 2.67 bits per heavy atom. The van der Waals surface area contributed by atoms with E-state index in [1.165, 1.54) is 18.5 Å². The summed E-state index contributed by atoms with van der Waals surface area (Å²) >= 11 is 0. The van der Waals surface area contributed by atoms with Gasteiger partial charge in [0.1, 0.15) is 11.6 Å². The fraction of sp³-hybridized carbons (Fsp3) is 0.250. The smallest absolute Gasteiger partial charge is 0.387 e. The monoisotopic (exact) mass is 334 g/mol. The SMILES string of the molecule is CC(C)C(=N)c1cc(C=O)cnc1Nc1cncc(OC(F)F)c1. The van der Waals surface area contributed by atoms with Crippen LogP contribution >= 0.6 is 0 Å². The number of anilines is 2. The molecule has 2 heterocycles. The predicted molar refractivity (Wildman–Crippen MR) is 85.4 cm³/mol. The molecule has 0 aromatic carbocycles. The van der Waals surface area contributed by atoms with E-state index in [1.54, 1.807) is 6.07 Å². The number of alkyl halides is 2. The van der Waals surface area contributed by atoms with E-state index in [-0.39, 0.29) is 11.7 Å². The molecule has 0 fully saturated rings. The van der Waals surface area contributed by atoms with E-state index in [1.807, 2.05) is 13.8 Å². The molecule has 0 saturated heterocycles. The lowest BCUT2D eigenvalue weighted by molar-refractivity contribution is -0.0500. The van der Waals surface area contributed by atoms with Gasteiger partial charge in [-0.2, -0.15) is 8.78 Å². The number of ether oxygens (including phenoxy) is 1. The van der Waals surface area contributed by atoms with E-state index in [0.717, 1.165) is 6.20 Å². The summed E-state index contributed by atoms with van der Waals surface area (Å²) < 4.78 is 28.9. The zero-order valence-corrected chi connectivity index (χ0v) is 13.1. The van der Waals surface area contributed by atoms with E-state index in [2.05, 4.69) is 20.0 Å². The predicted octanol–water partition coefficient (Wildman–Crippen LogP) is 3.66. The van der Waals surface area contributed by atoms with Gasteiger partial charge < -0.3 is 15.5 Å². The van der Waals surface area contributed by atoms with Crippen molar-refractivity contribution in [3.05, 3.63) is 41.9 Å². The normalized spacial score (nSPS) is 10.8. The van der Waals surface area contributed by atoms with Crippen LogP contribution < -0.4 is 10.1 Å². The van der Waals surface area contributed by atoms with Crippen molar-refractivity contribution in [3.8, 4) is 5.75 Å². The first kappa shape index (κ1) is 17.5.